The molecule has 0 aliphatic carbocycles. The van der Waals surface area contributed by atoms with E-state index in [1.165, 1.54) is 0 Å². The lowest BCUT2D eigenvalue weighted by atomic mass is 9.86. The molecule has 0 saturated carbocycles. The molecule has 4 rings (SSSR count). The second-order valence-corrected chi connectivity index (χ2v) is 11.6. The van der Waals surface area contributed by atoms with E-state index < -0.39 is 11.6 Å². The maximum Gasteiger partial charge on any atom is 0.360 e. The SMILES string of the molecule is Cc1cccc(C(=O)Nc2ccc3c(C(=O)OC(C)(C)C)n[nH]c3c2)c1NC(=O)c1ccc(C(C)(C)C)cc1. The first-order chi connectivity index (χ1) is 18.2. The lowest BCUT2D eigenvalue weighted by Gasteiger charge is -2.19. The Hall–Kier alpha value is -4.46. The van der Waals surface area contributed by atoms with Gasteiger partial charge in [-0.2, -0.15) is 5.10 Å². The molecule has 3 N–H and O–H groups in total. The number of aryl methyl sites for hydroxylation is 1. The number of amides is 2. The van der Waals surface area contributed by atoms with Gasteiger partial charge in [0.25, 0.3) is 11.8 Å². The van der Waals surface area contributed by atoms with Gasteiger partial charge in [-0.05, 0) is 80.6 Å². The number of hydrogen-bond donors (Lipinski definition) is 3. The fourth-order valence-electron chi connectivity index (χ4n) is 4.11. The summed E-state index contributed by atoms with van der Waals surface area (Å²) in [5, 5.41) is 13.3. The molecule has 0 spiro atoms. The molecule has 3 aromatic carbocycles. The Morgan fingerprint density at radius 2 is 1.54 bits per heavy atom. The fourth-order valence-corrected chi connectivity index (χ4v) is 4.11. The minimum Gasteiger partial charge on any atom is -0.455 e. The number of ether oxygens (including phenoxy) is 1. The molecule has 4 aromatic rings. The molecule has 202 valence electrons. The molecule has 0 radical (unpaired) electrons. The van der Waals surface area contributed by atoms with Crippen molar-refractivity contribution in [2.75, 3.05) is 10.6 Å². The number of hydrogen-bond acceptors (Lipinski definition) is 5. The average molecular weight is 527 g/mol. The van der Waals surface area contributed by atoms with Crippen molar-refractivity contribution in [2.45, 2.75) is 59.5 Å². The zero-order valence-corrected chi connectivity index (χ0v) is 23.4. The summed E-state index contributed by atoms with van der Waals surface area (Å²) in [6, 6.07) is 17.8. The van der Waals surface area contributed by atoms with Crippen LogP contribution in [-0.2, 0) is 10.2 Å². The number of aromatic amines is 1. The van der Waals surface area contributed by atoms with Crippen LogP contribution in [0, 0.1) is 6.92 Å². The lowest BCUT2D eigenvalue weighted by molar-refractivity contribution is 0.00648. The molecule has 0 atom stereocenters. The number of fused-ring (bicyclic) bond motifs is 1. The summed E-state index contributed by atoms with van der Waals surface area (Å²) in [5.74, 6) is -1.21. The quantitative estimate of drug-likeness (QED) is 0.253. The van der Waals surface area contributed by atoms with Gasteiger partial charge >= 0.3 is 5.97 Å². The number of benzene rings is 3. The monoisotopic (exact) mass is 526 g/mol. The third kappa shape index (κ3) is 6.34. The summed E-state index contributed by atoms with van der Waals surface area (Å²) < 4.78 is 5.43. The van der Waals surface area contributed by atoms with Crippen molar-refractivity contribution in [1.82, 2.24) is 10.2 Å². The minimum atomic E-state index is -0.646. The maximum absolute atomic E-state index is 13.3. The molecule has 8 nitrogen and oxygen atoms in total. The Bertz CT molecular complexity index is 1550. The van der Waals surface area contributed by atoms with Gasteiger partial charge in [-0.3, -0.25) is 14.7 Å². The summed E-state index contributed by atoms with van der Waals surface area (Å²) >= 11 is 0. The van der Waals surface area contributed by atoms with Crippen molar-refractivity contribution < 1.29 is 19.1 Å². The number of rotatable bonds is 5. The first-order valence-electron chi connectivity index (χ1n) is 12.8. The van der Waals surface area contributed by atoms with E-state index in [2.05, 4.69) is 41.6 Å². The van der Waals surface area contributed by atoms with E-state index in [4.69, 9.17) is 4.74 Å². The van der Waals surface area contributed by atoms with E-state index in [1.54, 1.807) is 63.2 Å². The van der Waals surface area contributed by atoms with Gasteiger partial charge in [0.15, 0.2) is 5.69 Å². The van der Waals surface area contributed by atoms with E-state index in [0.717, 1.165) is 11.1 Å². The largest absolute Gasteiger partial charge is 0.455 e. The van der Waals surface area contributed by atoms with Gasteiger partial charge in [-0.25, -0.2) is 4.79 Å². The number of anilines is 2. The number of carbonyl (C=O) groups is 3. The van der Waals surface area contributed by atoms with Gasteiger partial charge in [-0.1, -0.05) is 45.0 Å². The smallest absolute Gasteiger partial charge is 0.360 e. The maximum atomic E-state index is 13.3. The molecule has 1 aromatic heterocycles. The molecule has 8 heteroatoms. The Morgan fingerprint density at radius 3 is 2.18 bits per heavy atom. The van der Waals surface area contributed by atoms with Gasteiger partial charge < -0.3 is 15.4 Å². The summed E-state index contributed by atoms with van der Waals surface area (Å²) in [7, 11) is 0. The summed E-state index contributed by atoms with van der Waals surface area (Å²) in [5.41, 5.74) is 3.74. The Kier molecular flexibility index (Phi) is 7.33. The number of esters is 1. The molecule has 0 fully saturated rings. The van der Waals surface area contributed by atoms with Crippen LogP contribution in [0.1, 0.15) is 83.9 Å². The third-order valence-electron chi connectivity index (χ3n) is 6.18. The number of aromatic nitrogens is 2. The van der Waals surface area contributed by atoms with Crippen molar-refractivity contribution in [3.05, 3.63) is 88.6 Å². The lowest BCUT2D eigenvalue weighted by Crippen LogP contribution is -2.24. The molecule has 2 amide bonds. The van der Waals surface area contributed by atoms with Crippen LogP contribution in [0.5, 0.6) is 0 Å². The van der Waals surface area contributed by atoms with Crippen LogP contribution >= 0.6 is 0 Å². The highest BCUT2D eigenvalue weighted by Gasteiger charge is 2.23. The number of H-pyrrole nitrogens is 1. The van der Waals surface area contributed by atoms with Crippen molar-refractivity contribution in [1.29, 1.82) is 0 Å². The van der Waals surface area contributed by atoms with E-state index in [-0.39, 0.29) is 22.9 Å². The Labute approximate surface area is 228 Å². The molecule has 0 unspecified atom stereocenters. The first-order valence-corrected chi connectivity index (χ1v) is 12.8. The molecule has 39 heavy (non-hydrogen) atoms. The highest BCUT2D eigenvalue weighted by atomic mass is 16.6. The zero-order chi connectivity index (χ0) is 28.5. The molecule has 1 heterocycles. The van der Waals surface area contributed by atoms with E-state index in [0.29, 0.717) is 33.4 Å². The number of nitrogens with zero attached hydrogens (tertiary/aromatic N) is 1. The van der Waals surface area contributed by atoms with Gasteiger partial charge in [0, 0.05) is 16.6 Å². The molecule has 0 aliphatic heterocycles. The standard InChI is InChI=1S/C31H34N4O4/c1-18-9-8-10-23(25(18)33-27(36)19-11-13-20(14-12-19)30(2,3)4)28(37)32-21-15-16-22-24(17-21)34-35-26(22)29(38)39-31(5,6)7/h8-17H,1-7H3,(H,32,37)(H,33,36)(H,34,35). The predicted octanol–water partition coefficient (Wildman–Crippen LogP) is 6.63. The number of para-hydroxylation sites is 1. The van der Waals surface area contributed by atoms with Crippen LogP contribution in [0.4, 0.5) is 11.4 Å². The van der Waals surface area contributed by atoms with Gasteiger partial charge in [0.1, 0.15) is 5.60 Å². The third-order valence-corrected chi connectivity index (χ3v) is 6.18. The van der Waals surface area contributed by atoms with Crippen molar-refractivity contribution in [2.24, 2.45) is 0 Å². The number of carbonyl (C=O) groups excluding carboxylic acids is 3. The normalized spacial score (nSPS) is 11.8. The van der Waals surface area contributed by atoms with Crippen LogP contribution in [0.2, 0.25) is 0 Å². The van der Waals surface area contributed by atoms with E-state index >= 15 is 0 Å². The number of nitrogens with one attached hydrogen (secondary N) is 3. The van der Waals surface area contributed by atoms with Crippen LogP contribution in [-0.4, -0.2) is 33.6 Å². The highest BCUT2D eigenvalue weighted by molar-refractivity contribution is 6.13. The Morgan fingerprint density at radius 1 is 0.846 bits per heavy atom. The average Bonchev–Trinajstić information content (AvgIpc) is 3.27. The van der Waals surface area contributed by atoms with Gasteiger partial charge in [-0.15, -0.1) is 0 Å². The highest BCUT2D eigenvalue weighted by Crippen LogP contribution is 2.27. The molecule has 0 saturated heterocycles. The van der Waals surface area contributed by atoms with Crippen molar-refractivity contribution in [3.8, 4) is 0 Å². The fraction of sp³-hybridized carbons (Fsp3) is 0.290. The van der Waals surface area contributed by atoms with E-state index in [9.17, 15) is 14.4 Å². The first kappa shape index (κ1) is 27.6. The zero-order valence-electron chi connectivity index (χ0n) is 23.4. The molecular formula is C31H34N4O4. The van der Waals surface area contributed by atoms with Crippen LogP contribution in [0.3, 0.4) is 0 Å². The summed E-state index contributed by atoms with van der Waals surface area (Å²) in [6.07, 6.45) is 0. The van der Waals surface area contributed by atoms with E-state index in [1.807, 2.05) is 25.1 Å². The topological polar surface area (TPSA) is 113 Å². The Balaban J connectivity index is 1.54. The summed E-state index contributed by atoms with van der Waals surface area (Å²) in [4.78, 5) is 38.9. The van der Waals surface area contributed by atoms with Gasteiger partial charge in [0.05, 0.1) is 16.8 Å². The van der Waals surface area contributed by atoms with Crippen LogP contribution in [0.15, 0.2) is 60.7 Å². The molecular weight excluding hydrogens is 492 g/mol. The van der Waals surface area contributed by atoms with Crippen molar-refractivity contribution in [3.63, 3.8) is 0 Å². The predicted molar refractivity (Wildman–Crippen MR) is 153 cm³/mol. The second-order valence-electron chi connectivity index (χ2n) is 11.6. The van der Waals surface area contributed by atoms with Crippen molar-refractivity contribution >= 4 is 40.1 Å². The second kappa shape index (κ2) is 10.4. The van der Waals surface area contributed by atoms with Gasteiger partial charge in [0.2, 0.25) is 0 Å². The molecule has 0 aliphatic rings. The van der Waals surface area contributed by atoms with Crippen LogP contribution in [0.25, 0.3) is 10.9 Å². The summed E-state index contributed by atoms with van der Waals surface area (Å²) in [6.45, 7) is 13.6. The minimum absolute atomic E-state index is 0.0210. The van der Waals surface area contributed by atoms with Crippen LogP contribution < -0.4 is 10.6 Å². The molecule has 0 bridgehead atoms.